The van der Waals surface area contributed by atoms with Gasteiger partial charge in [0.2, 0.25) is 5.91 Å². The minimum Gasteiger partial charge on any atom is -0.355 e. The molecule has 2 atom stereocenters. The van der Waals surface area contributed by atoms with Crippen molar-refractivity contribution in [2.24, 2.45) is 17.6 Å². The molecule has 102 valence electrons. The van der Waals surface area contributed by atoms with E-state index in [0.29, 0.717) is 5.92 Å². The molecule has 0 bridgehead atoms. The third-order valence-corrected chi connectivity index (χ3v) is 4.17. The lowest BCUT2D eigenvalue weighted by atomic mass is 9.96. The van der Waals surface area contributed by atoms with Gasteiger partial charge in [-0.05, 0) is 44.8 Å². The van der Waals surface area contributed by atoms with Crippen molar-refractivity contribution in [1.29, 1.82) is 0 Å². The maximum Gasteiger partial charge on any atom is 0.227 e. The number of rotatable bonds is 4. The minimum atomic E-state index is -0.00395. The molecule has 3 N–H and O–H groups in total. The lowest BCUT2D eigenvalue weighted by Gasteiger charge is -2.31. The van der Waals surface area contributed by atoms with E-state index < -0.39 is 0 Å². The van der Waals surface area contributed by atoms with E-state index in [1.165, 1.54) is 25.9 Å². The van der Waals surface area contributed by atoms with E-state index in [4.69, 9.17) is 5.73 Å². The summed E-state index contributed by atoms with van der Waals surface area (Å²) in [6.45, 7) is 6.52. The third kappa shape index (κ3) is 3.56. The maximum absolute atomic E-state index is 11.9. The first-order valence-corrected chi connectivity index (χ1v) is 7.13. The van der Waals surface area contributed by atoms with E-state index in [2.05, 4.69) is 17.1 Å². The van der Waals surface area contributed by atoms with Gasteiger partial charge in [0.05, 0.1) is 5.92 Å². The van der Waals surface area contributed by atoms with Gasteiger partial charge in [0.1, 0.15) is 0 Å². The number of hydrogen-bond donors (Lipinski definition) is 2. The molecular weight excluding hydrogens is 226 g/mol. The predicted molar refractivity (Wildman–Crippen MR) is 73.1 cm³/mol. The van der Waals surface area contributed by atoms with Crippen molar-refractivity contribution in [3.05, 3.63) is 12.2 Å². The molecule has 4 heteroatoms. The molecule has 1 amide bonds. The second-order valence-corrected chi connectivity index (χ2v) is 5.51. The van der Waals surface area contributed by atoms with Crippen LogP contribution < -0.4 is 11.1 Å². The number of piperidine rings is 1. The largest absolute Gasteiger partial charge is 0.355 e. The first-order valence-electron chi connectivity index (χ1n) is 7.13. The molecule has 4 nitrogen and oxygen atoms in total. The summed E-state index contributed by atoms with van der Waals surface area (Å²) in [4.78, 5) is 14.4. The fraction of sp³-hybridized carbons (Fsp3) is 0.786. The van der Waals surface area contributed by atoms with Gasteiger partial charge in [-0.25, -0.2) is 0 Å². The summed E-state index contributed by atoms with van der Waals surface area (Å²) in [7, 11) is 0. The van der Waals surface area contributed by atoms with E-state index in [0.717, 1.165) is 19.5 Å². The number of likely N-dealkylation sites (tertiary alicyclic amines) is 1. The monoisotopic (exact) mass is 251 g/mol. The molecule has 0 spiro atoms. The Bertz CT molecular complexity index is 308. The zero-order valence-electron chi connectivity index (χ0n) is 11.3. The van der Waals surface area contributed by atoms with Gasteiger partial charge >= 0.3 is 0 Å². The second kappa shape index (κ2) is 6.34. The Hall–Kier alpha value is -0.870. The highest BCUT2D eigenvalue weighted by atomic mass is 16.1. The van der Waals surface area contributed by atoms with E-state index in [-0.39, 0.29) is 17.9 Å². The Morgan fingerprint density at radius 2 is 2.11 bits per heavy atom. The summed E-state index contributed by atoms with van der Waals surface area (Å²) in [5.41, 5.74) is 5.76. The van der Waals surface area contributed by atoms with Crippen molar-refractivity contribution in [3.8, 4) is 0 Å². The number of carbonyl (C=O) groups excluding carboxylic acids is 1. The second-order valence-electron chi connectivity index (χ2n) is 5.51. The summed E-state index contributed by atoms with van der Waals surface area (Å²) in [5, 5.41) is 3.08. The number of nitrogens with one attached hydrogen (secondary N) is 1. The summed E-state index contributed by atoms with van der Waals surface area (Å²) < 4.78 is 0. The number of nitrogens with zero attached hydrogens (tertiary/aromatic N) is 1. The van der Waals surface area contributed by atoms with Crippen molar-refractivity contribution >= 4 is 5.91 Å². The summed E-state index contributed by atoms with van der Waals surface area (Å²) in [5.74, 6) is 0.795. The Balaban J connectivity index is 1.66. The number of carbonyl (C=O) groups is 1. The zero-order chi connectivity index (χ0) is 13.0. The highest BCUT2D eigenvalue weighted by Crippen LogP contribution is 2.18. The Morgan fingerprint density at radius 3 is 2.67 bits per heavy atom. The molecule has 0 aromatic carbocycles. The van der Waals surface area contributed by atoms with Crippen LogP contribution in [0.25, 0.3) is 0 Å². The standard InChI is InChI=1S/C14H25N3O/c1-2-17-7-5-11(6-8-17)10-16-14(18)12-3-4-13(15)9-12/h3-4,11-13H,2,5-10,15H2,1H3,(H,16,18). The lowest BCUT2D eigenvalue weighted by Crippen LogP contribution is -2.40. The fourth-order valence-corrected chi connectivity index (χ4v) is 2.80. The molecule has 2 aliphatic rings. The molecule has 0 saturated carbocycles. The molecule has 0 aromatic rings. The molecule has 1 aliphatic carbocycles. The van der Waals surface area contributed by atoms with Gasteiger partial charge in [0, 0.05) is 12.6 Å². The van der Waals surface area contributed by atoms with Gasteiger partial charge in [-0.3, -0.25) is 4.79 Å². The average Bonchev–Trinajstić information content (AvgIpc) is 2.83. The highest BCUT2D eigenvalue weighted by Gasteiger charge is 2.24. The Morgan fingerprint density at radius 1 is 1.39 bits per heavy atom. The van der Waals surface area contributed by atoms with Crippen LogP contribution in [-0.2, 0) is 4.79 Å². The van der Waals surface area contributed by atoms with Crippen molar-refractivity contribution in [2.75, 3.05) is 26.2 Å². The molecule has 0 aromatic heterocycles. The van der Waals surface area contributed by atoms with Crippen molar-refractivity contribution in [3.63, 3.8) is 0 Å². The Kier molecular flexibility index (Phi) is 4.78. The van der Waals surface area contributed by atoms with Gasteiger partial charge in [-0.2, -0.15) is 0 Å². The van der Waals surface area contributed by atoms with Crippen LogP contribution in [0.2, 0.25) is 0 Å². The van der Waals surface area contributed by atoms with Crippen LogP contribution in [-0.4, -0.2) is 43.0 Å². The maximum atomic E-state index is 11.9. The van der Waals surface area contributed by atoms with Crippen LogP contribution in [0, 0.1) is 11.8 Å². The van der Waals surface area contributed by atoms with E-state index in [9.17, 15) is 4.79 Å². The molecule has 1 aliphatic heterocycles. The van der Waals surface area contributed by atoms with Crippen molar-refractivity contribution < 1.29 is 4.79 Å². The molecule has 1 heterocycles. The first-order chi connectivity index (χ1) is 8.69. The molecule has 2 rings (SSSR count). The molecule has 1 fully saturated rings. The topological polar surface area (TPSA) is 58.4 Å². The van der Waals surface area contributed by atoms with E-state index in [1.54, 1.807) is 0 Å². The van der Waals surface area contributed by atoms with Crippen molar-refractivity contribution in [2.45, 2.75) is 32.2 Å². The zero-order valence-corrected chi connectivity index (χ0v) is 11.3. The molecule has 0 radical (unpaired) electrons. The van der Waals surface area contributed by atoms with Crippen LogP contribution in [0.3, 0.4) is 0 Å². The normalized spacial score (nSPS) is 29.7. The number of nitrogens with two attached hydrogens (primary N) is 1. The van der Waals surface area contributed by atoms with Crippen LogP contribution in [0.5, 0.6) is 0 Å². The molecule has 2 unspecified atom stereocenters. The highest BCUT2D eigenvalue weighted by molar-refractivity contribution is 5.81. The van der Waals surface area contributed by atoms with Gasteiger partial charge in [0.25, 0.3) is 0 Å². The first kappa shape index (κ1) is 13.6. The quantitative estimate of drug-likeness (QED) is 0.725. The average molecular weight is 251 g/mol. The van der Waals surface area contributed by atoms with E-state index >= 15 is 0 Å². The van der Waals surface area contributed by atoms with E-state index in [1.807, 2.05) is 12.2 Å². The smallest absolute Gasteiger partial charge is 0.227 e. The van der Waals surface area contributed by atoms with Crippen LogP contribution >= 0.6 is 0 Å². The number of hydrogen-bond acceptors (Lipinski definition) is 3. The SMILES string of the molecule is CCN1CCC(CNC(=O)C2C=CC(N)C2)CC1. The van der Waals surface area contributed by atoms with Crippen LogP contribution in [0.4, 0.5) is 0 Å². The van der Waals surface area contributed by atoms with Crippen LogP contribution in [0.1, 0.15) is 26.2 Å². The van der Waals surface area contributed by atoms with Gasteiger partial charge in [-0.1, -0.05) is 19.1 Å². The predicted octanol–water partition coefficient (Wildman–Crippen LogP) is 0.738. The fourth-order valence-electron chi connectivity index (χ4n) is 2.80. The van der Waals surface area contributed by atoms with Gasteiger partial charge in [0.15, 0.2) is 0 Å². The minimum absolute atomic E-state index is 0.00395. The van der Waals surface area contributed by atoms with Crippen LogP contribution in [0.15, 0.2) is 12.2 Å². The van der Waals surface area contributed by atoms with Crippen molar-refractivity contribution in [1.82, 2.24) is 10.2 Å². The Labute approximate surface area is 110 Å². The molecular formula is C14H25N3O. The number of amides is 1. The lowest BCUT2D eigenvalue weighted by molar-refractivity contribution is -0.123. The van der Waals surface area contributed by atoms with Gasteiger partial charge in [-0.15, -0.1) is 0 Å². The molecule has 18 heavy (non-hydrogen) atoms. The molecule has 1 saturated heterocycles. The van der Waals surface area contributed by atoms with Gasteiger partial charge < -0.3 is 16.0 Å². The summed E-state index contributed by atoms with van der Waals surface area (Å²) >= 11 is 0. The summed E-state index contributed by atoms with van der Waals surface area (Å²) in [6.07, 6.45) is 7.05. The third-order valence-electron chi connectivity index (χ3n) is 4.17. The summed E-state index contributed by atoms with van der Waals surface area (Å²) in [6, 6.07) is 0.0635.